The minimum absolute atomic E-state index is 0.598. The van der Waals surface area contributed by atoms with Crippen LogP contribution in [0.2, 0.25) is 0 Å². The van der Waals surface area contributed by atoms with Gasteiger partial charge in [-0.2, -0.15) is 0 Å². The van der Waals surface area contributed by atoms with Crippen molar-refractivity contribution in [3.63, 3.8) is 0 Å². The third-order valence-electron chi connectivity index (χ3n) is 4.06. The van der Waals surface area contributed by atoms with E-state index in [9.17, 15) is 0 Å². The molecular formula is C15H23N3O. The monoisotopic (exact) mass is 261 g/mol. The first-order valence-electron chi connectivity index (χ1n) is 7.37. The molecule has 1 N–H and O–H groups in total. The summed E-state index contributed by atoms with van der Waals surface area (Å²) in [6.45, 7) is 2.21. The Morgan fingerprint density at radius 3 is 2.95 bits per heavy atom. The van der Waals surface area contributed by atoms with Crippen LogP contribution in [0.15, 0.2) is 18.3 Å². The van der Waals surface area contributed by atoms with Gasteiger partial charge in [0.05, 0.1) is 7.11 Å². The van der Waals surface area contributed by atoms with Crippen LogP contribution in [0.4, 0.5) is 5.82 Å². The Balaban J connectivity index is 1.76. The molecule has 2 fully saturated rings. The van der Waals surface area contributed by atoms with Gasteiger partial charge in [0.25, 0.3) is 0 Å². The zero-order chi connectivity index (χ0) is 13.1. The number of aromatic nitrogens is 1. The molecule has 0 bridgehead atoms. The molecule has 2 heterocycles. The number of hydrogen-bond acceptors (Lipinski definition) is 4. The number of methoxy groups -OCH3 is 1. The average molecular weight is 261 g/mol. The summed E-state index contributed by atoms with van der Waals surface area (Å²) in [5, 5.41) is 3.63. The third-order valence-corrected chi connectivity index (χ3v) is 4.06. The molecule has 1 aromatic rings. The lowest BCUT2D eigenvalue weighted by atomic mass is 10.0. The number of piperidine rings is 1. The van der Waals surface area contributed by atoms with Crippen molar-refractivity contribution in [1.82, 2.24) is 10.3 Å². The molecule has 1 unspecified atom stereocenters. The molecule has 0 radical (unpaired) electrons. The fourth-order valence-electron chi connectivity index (χ4n) is 2.87. The Morgan fingerprint density at radius 1 is 1.37 bits per heavy atom. The lowest BCUT2D eigenvalue weighted by Crippen LogP contribution is -2.45. The van der Waals surface area contributed by atoms with E-state index in [1.807, 2.05) is 18.3 Å². The van der Waals surface area contributed by atoms with Crippen LogP contribution in [-0.2, 0) is 0 Å². The summed E-state index contributed by atoms with van der Waals surface area (Å²) < 4.78 is 5.47. The van der Waals surface area contributed by atoms with Gasteiger partial charge in [0.2, 0.25) is 0 Å². The van der Waals surface area contributed by atoms with Gasteiger partial charge >= 0.3 is 0 Å². The molecule has 1 saturated carbocycles. The number of nitrogens with one attached hydrogen (secondary N) is 1. The van der Waals surface area contributed by atoms with Crippen molar-refractivity contribution in [3.8, 4) is 5.75 Å². The highest BCUT2D eigenvalue weighted by atomic mass is 16.5. The van der Waals surface area contributed by atoms with E-state index in [2.05, 4.69) is 15.2 Å². The van der Waals surface area contributed by atoms with E-state index < -0.39 is 0 Å². The van der Waals surface area contributed by atoms with E-state index in [0.29, 0.717) is 12.1 Å². The van der Waals surface area contributed by atoms with Crippen molar-refractivity contribution in [2.75, 3.05) is 25.1 Å². The Kier molecular flexibility index (Phi) is 3.87. The second-order valence-corrected chi connectivity index (χ2v) is 5.56. The van der Waals surface area contributed by atoms with Crippen LogP contribution >= 0.6 is 0 Å². The molecule has 1 aromatic heterocycles. The predicted molar refractivity (Wildman–Crippen MR) is 76.8 cm³/mol. The number of hydrogen-bond donors (Lipinski definition) is 1. The number of anilines is 1. The van der Waals surface area contributed by atoms with Gasteiger partial charge in [0, 0.05) is 24.8 Å². The minimum atomic E-state index is 0.598. The fraction of sp³-hybridized carbons (Fsp3) is 0.667. The molecule has 104 valence electrons. The van der Waals surface area contributed by atoms with Crippen molar-refractivity contribution in [2.24, 2.45) is 0 Å². The molecule has 3 rings (SSSR count). The van der Waals surface area contributed by atoms with Crippen LogP contribution < -0.4 is 15.0 Å². The highest BCUT2D eigenvalue weighted by Gasteiger charge is 2.33. The van der Waals surface area contributed by atoms with E-state index in [4.69, 9.17) is 4.74 Å². The average Bonchev–Trinajstić information content (AvgIpc) is 3.30. The quantitative estimate of drug-likeness (QED) is 0.881. The van der Waals surface area contributed by atoms with Gasteiger partial charge in [0.15, 0.2) is 11.6 Å². The third kappa shape index (κ3) is 3.00. The first-order valence-corrected chi connectivity index (χ1v) is 7.37. The molecule has 4 heteroatoms. The maximum absolute atomic E-state index is 5.47. The van der Waals surface area contributed by atoms with Crippen LogP contribution in [0.1, 0.15) is 32.1 Å². The van der Waals surface area contributed by atoms with Crippen LogP contribution in [-0.4, -0.2) is 37.3 Å². The van der Waals surface area contributed by atoms with Gasteiger partial charge in [-0.15, -0.1) is 0 Å². The predicted octanol–water partition coefficient (Wildman–Crippen LogP) is 2.20. The zero-order valence-corrected chi connectivity index (χ0v) is 11.6. The van der Waals surface area contributed by atoms with E-state index in [0.717, 1.165) is 24.7 Å². The molecule has 1 saturated heterocycles. The molecule has 1 aliphatic carbocycles. The summed E-state index contributed by atoms with van der Waals surface area (Å²) in [6.07, 6.45) is 8.36. The lowest BCUT2D eigenvalue weighted by Gasteiger charge is -2.32. The summed E-state index contributed by atoms with van der Waals surface area (Å²) in [5.74, 6) is 1.91. The van der Waals surface area contributed by atoms with E-state index in [-0.39, 0.29) is 0 Å². The van der Waals surface area contributed by atoms with Gasteiger partial charge in [-0.3, -0.25) is 0 Å². The minimum Gasteiger partial charge on any atom is -0.493 e. The number of nitrogens with zero attached hydrogens (tertiary/aromatic N) is 2. The summed E-state index contributed by atoms with van der Waals surface area (Å²) >= 11 is 0. The smallest absolute Gasteiger partial charge is 0.171 e. The Bertz CT molecular complexity index is 414. The highest BCUT2D eigenvalue weighted by molar-refractivity contribution is 5.54. The first kappa shape index (κ1) is 12.7. The SMILES string of the molecule is COc1cccnc1N(CC1CCCCN1)C1CC1. The van der Waals surface area contributed by atoms with Crippen LogP contribution in [0.5, 0.6) is 5.75 Å². The van der Waals surface area contributed by atoms with Crippen LogP contribution in [0.3, 0.4) is 0 Å². The molecule has 0 spiro atoms. The zero-order valence-electron chi connectivity index (χ0n) is 11.6. The number of pyridine rings is 1. The highest BCUT2D eigenvalue weighted by Crippen LogP contribution is 2.35. The molecule has 0 aromatic carbocycles. The molecule has 19 heavy (non-hydrogen) atoms. The second kappa shape index (κ2) is 5.78. The normalized spacial score (nSPS) is 23.1. The number of ether oxygens (including phenoxy) is 1. The lowest BCUT2D eigenvalue weighted by molar-refractivity contribution is 0.390. The molecule has 1 aliphatic heterocycles. The topological polar surface area (TPSA) is 37.4 Å². The summed E-state index contributed by atoms with van der Waals surface area (Å²) in [6, 6.07) is 5.20. The standard InChI is InChI=1S/C15H23N3O/c1-19-14-6-4-10-17-15(14)18(13-7-8-13)11-12-5-2-3-9-16-12/h4,6,10,12-13,16H,2-3,5,7-9,11H2,1H3. The second-order valence-electron chi connectivity index (χ2n) is 5.56. The molecule has 2 aliphatic rings. The Morgan fingerprint density at radius 2 is 2.26 bits per heavy atom. The summed E-state index contributed by atoms with van der Waals surface area (Å²) in [5.41, 5.74) is 0. The number of rotatable bonds is 5. The van der Waals surface area contributed by atoms with E-state index in [1.54, 1.807) is 7.11 Å². The van der Waals surface area contributed by atoms with Crippen molar-refractivity contribution in [3.05, 3.63) is 18.3 Å². The van der Waals surface area contributed by atoms with Gasteiger partial charge in [-0.05, 0) is 44.4 Å². The van der Waals surface area contributed by atoms with Gasteiger partial charge < -0.3 is 15.0 Å². The maximum atomic E-state index is 5.47. The van der Waals surface area contributed by atoms with Gasteiger partial charge in [-0.25, -0.2) is 4.98 Å². The van der Waals surface area contributed by atoms with Crippen molar-refractivity contribution in [1.29, 1.82) is 0 Å². The van der Waals surface area contributed by atoms with Crippen molar-refractivity contribution >= 4 is 5.82 Å². The van der Waals surface area contributed by atoms with Crippen LogP contribution in [0, 0.1) is 0 Å². The molecule has 0 amide bonds. The Hall–Kier alpha value is -1.29. The van der Waals surface area contributed by atoms with Crippen molar-refractivity contribution in [2.45, 2.75) is 44.2 Å². The molecular weight excluding hydrogens is 238 g/mol. The summed E-state index contributed by atoms with van der Waals surface area (Å²) in [7, 11) is 1.73. The first-order chi connectivity index (χ1) is 9.38. The van der Waals surface area contributed by atoms with Crippen LogP contribution in [0.25, 0.3) is 0 Å². The van der Waals surface area contributed by atoms with Crippen molar-refractivity contribution < 1.29 is 4.74 Å². The fourth-order valence-corrected chi connectivity index (χ4v) is 2.87. The molecule has 1 atom stereocenters. The Labute approximate surface area is 115 Å². The largest absolute Gasteiger partial charge is 0.493 e. The van der Waals surface area contributed by atoms with Gasteiger partial charge in [0.1, 0.15) is 0 Å². The van der Waals surface area contributed by atoms with E-state index >= 15 is 0 Å². The summed E-state index contributed by atoms with van der Waals surface area (Å²) in [4.78, 5) is 7.00. The van der Waals surface area contributed by atoms with E-state index in [1.165, 1.54) is 32.1 Å². The molecule has 4 nitrogen and oxygen atoms in total. The van der Waals surface area contributed by atoms with Gasteiger partial charge in [-0.1, -0.05) is 6.42 Å². The maximum Gasteiger partial charge on any atom is 0.171 e.